The Morgan fingerprint density at radius 1 is 0.386 bits per heavy atom. The van der Waals surface area contributed by atoms with Gasteiger partial charge in [-0.15, -0.1) is 0 Å². The molecule has 0 saturated heterocycles. The molecular weight excluding hydrogens is 697 g/mol. The molecule has 0 unspecified atom stereocenters. The molecule has 0 saturated carbocycles. The second kappa shape index (κ2) is 11.4. The molecule has 57 heavy (non-hydrogen) atoms. The molecule has 0 aliphatic rings. The average molecular weight is 727 g/mol. The number of rotatable bonds is 4. The summed E-state index contributed by atoms with van der Waals surface area (Å²) in [5.41, 5.74) is 14.5. The molecule has 5 heterocycles. The SMILES string of the molecule is c1ccc(-c2ccc3c(c2)c2c4c5ccccc5n5c6cc(-c7ccccc7)ccc6c(cc2n3-c2nc(-c3ccccc3)c3oc6ccccc6c3n2)c45)cc1. The molecule has 0 spiro atoms. The predicted octanol–water partition coefficient (Wildman–Crippen LogP) is 13.6. The molecule has 0 aliphatic heterocycles. The van der Waals surface area contributed by atoms with Crippen molar-refractivity contribution in [2.45, 2.75) is 0 Å². The minimum Gasteiger partial charge on any atom is -0.452 e. The third kappa shape index (κ3) is 4.23. The summed E-state index contributed by atoms with van der Waals surface area (Å²) in [7, 11) is 0. The van der Waals surface area contributed by atoms with Crippen LogP contribution in [-0.4, -0.2) is 18.9 Å². The van der Waals surface area contributed by atoms with E-state index in [-0.39, 0.29) is 0 Å². The molecule has 8 aromatic carbocycles. The lowest BCUT2D eigenvalue weighted by Gasteiger charge is -2.10. The van der Waals surface area contributed by atoms with E-state index in [0.29, 0.717) is 11.5 Å². The normalized spacial score (nSPS) is 12.2. The number of hydrogen-bond acceptors (Lipinski definition) is 3. The van der Waals surface area contributed by atoms with Crippen LogP contribution in [0.2, 0.25) is 0 Å². The molecule has 264 valence electrons. The molecule has 0 aliphatic carbocycles. The van der Waals surface area contributed by atoms with E-state index in [9.17, 15) is 0 Å². The van der Waals surface area contributed by atoms with Gasteiger partial charge in [0.1, 0.15) is 16.8 Å². The Bertz CT molecular complexity index is 3730. The first kappa shape index (κ1) is 30.6. The maximum absolute atomic E-state index is 6.53. The molecule has 13 aromatic rings. The summed E-state index contributed by atoms with van der Waals surface area (Å²) in [6.45, 7) is 0. The van der Waals surface area contributed by atoms with Crippen LogP contribution in [0, 0.1) is 0 Å². The molecular formula is C52H30N4O. The first-order valence-corrected chi connectivity index (χ1v) is 19.3. The van der Waals surface area contributed by atoms with Crippen LogP contribution in [0.5, 0.6) is 0 Å². The fraction of sp³-hybridized carbons (Fsp3) is 0. The van der Waals surface area contributed by atoms with Gasteiger partial charge >= 0.3 is 0 Å². The molecule has 0 bridgehead atoms. The summed E-state index contributed by atoms with van der Waals surface area (Å²) < 4.78 is 11.3. The highest BCUT2D eigenvalue weighted by Crippen LogP contribution is 2.48. The minimum atomic E-state index is 0.605. The maximum atomic E-state index is 6.53. The van der Waals surface area contributed by atoms with Gasteiger partial charge in [-0.1, -0.05) is 140 Å². The van der Waals surface area contributed by atoms with E-state index in [2.05, 4.69) is 155 Å². The third-order valence-corrected chi connectivity index (χ3v) is 11.9. The number of fused-ring (bicyclic) bond motifs is 13. The fourth-order valence-corrected chi connectivity index (χ4v) is 9.37. The Kier molecular flexibility index (Phi) is 6.10. The Morgan fingerprint density at radius 3 is 1.81 bits per heavy atom. The van der Waals surface area contributed by atoms with Crippen molar-refractivity contribution < 1.29 is 4.42 Å². The van der Waals surface area contributed by atoms with Crippen LogP contribution in [0.1, 0.15) is 0 Å². The first-order valence-electron chi connectivity index (χ1n) is 19.3. The highest BCUT2D eigenvalue weighted by molar-refractivity contribution is 6.36. The quantitative estimate of drug-likeness (QED) is 0.181. The number of para-hydroxylation sites is 2. The number of hydrogen-bond donors (Lipinski definition) is 0. The summed E-state index contributed by atoms with van der Waals surface area (Å²) in [6, 6.07) is 64.7. The van der Waals surface area contributed by atoms with Gasteiger partial charge in [-0.2, -0.15) is 0 Å². The van der Waals surface area contributed by atoms with Gasteiger partial charge in [-0.05, 0) is 64.7 Å². The van der Waals surface area contributed by atoms with Crippen molar-refractivity contribution in [2.24, 2.45) is 0 Å². The molecule has 0 atom stereocenters. The molecule has 0 N–H and O–H groups in total. The lowest BCUT2D eigenvalue weighted by molar-refractivity contribution is 0.666. The van der Waals surface area contributed by atoms with Crippen molar-refractivity contribution in [3.05, 3.63) is 182 Å². The van der Waals surface area contributed by atoms with Crippen molar-refractivity contribution in [1.82, 2.24) is 18.9 Å². The van der Waals surface area contributed by atoms with Gasteiger partial charge < -0.3 is 8.82 Å². The molecule has 5 heteroatoms. The lowest BCUT2D eigenvalue weighted by atomic mass is 9.99. The van der Waals surface area contributed by atoms with Crippen molar-refractivity contribution >= 4 is 82.0 Å². The molecule has 5 nitrogen and oxygen atoms in total. The topological polar surface area (TPSA) is 48.3 Å². The van der Waals surface area contributed by atoms with E-state index in [1.165, 1.54) is 60.2 Å². The third-order valence-electron chi connectivity index (χ3n) is 11.9. The first-order chi connectivity index (χ1) is 28.3. The predicted molar refractivity (Wildman–Crippen MR) is 235 cm³/mol. The van der Waals surface area contributed by atoms with Gasteiger partial charge in [0, 0.05) is 43.3 Å². The highest BCUT2D eigenvalue weighted by Gasteiger charge is 2.27. The van der Waals surface area contributed by atoms with Crippen LogP contribution in [0.3, 0.4) is 0 Å². The zero-order valence-corrected chi connectivity index (χ0v) is 30.5. The van der Waals surface area contributed by atoms with Gasteiger partial charge in [0.05, 0.1) is 27.6 Å². The Labute approximate surface area is 325 Å². The van der Waals surface area contributed by atoms with E-state index in [0.717, 1.165) is 49.7 Å². The average Bonchev–Trinajstić information content (AvgIpc) is 4.02. The van der Waals surface area contributed by atoms with Crippen LogP contribution in [-0.2, 0) is 0 Å². The molecule has 0 amide bonds. The number of nitrogens with zero attached hydrogens (tertiary/aromatic N) is 4. The van der Waals surface area contributed by atoms with Gasteiger partial charge in [-0.3, -0.25) is 4.57 Å². The molecule has 13 rings (SSSR count). The summed E-state index contributed by atoms with van der Waals surface area (Å²) in [5, 5.41) is 8.19. The van der Waals surface area contributed by atoms with Crippen LogP contribution in [0.4, 0.5) is 0 Å². The van der Waals surface area contributed by atoms with Gasteiger partial charge in [0.2, 0.25) is 5.95 Å². The lowest BCUT2D eigenvalue weighted by Crippen LogP contribution is -2.03. The van der Waals surface area contributed by atoms with Crippen LogP contribution in [0.15, 0.2) is 186 Å². The van der Waals surface area contributed by atoms with E-state index in [1.807, 2.05) is 36.4 Å². The van der Waals surface area contributed by atoms with Gasteiger partial charge in [-0.25, -0.2) is 9.97 Å². The summed E-state index contributed by atoms with van der Waals surface area (Å²) in [6.07, 6.45) is 0. The van der Waals surface area contributed by atoms with E-state index >= 15 is 0 Å². The maximum Gasteiger partial charge on any atom is 0.236 e. The Morgan fingerprint density at radius 2 is 1.04 bits per heavy atom. The van der Waals surface area contributed by atoms with Gasteiger partial charge in [0.25, 0.3) is 0 Å². The highest BCUT2D eigenvalue weighted by atomic mass is 16.3. The largest absolute Gasteiger partial charge is 0.452 e. The van der Waals surface area contributed by atoms with Crippen molar-refractivity contribution in [2.75, 3.05) is 0 Å². The van der Waals surface area contributed by atoms with Crippen LogP contribution < -0.4 is 0 Å². The van der Waals surface area contributed by atoms with Crippen molar-refractivity contribution in [1.29, 1.82) is 0 Å². The van der Waals surface area contributed by atoms with Crippen LogP contribution >= 0.6 is 0 Å². The van der Waals surface area contributed by atoms with Gasteiger partial charge in [0.15, 0.2) is 5.58 Å². The smallest absolute Gasteiger partial charge is 0.236 e. The van der Waals surface area contributed by atoms with E-state index in [1.54, 1.807) is 0 Å². The van der Waals surface area contributed by atoms with E-state index < -0.39 is 0 Å². The molecule has 5 aromatic heterocycles. The minimum absolute atomic E-state index is 0.605. The van der Waals surface area contributed by atoms with Crippen molar-refractivity contribution in [3.8, 4) is 39.5 Å². The monoisotopic (exact) mass is 726 g/mol. The molecule has 0 fully saturated rings. The zero-order valence-electron chi connectivity index (χ0n) is 30.5. The van der Waals surface area contributed by atoms with E-state index in [4.69, 9.17) is 14.4 Å². The zero-order chi connectivity index (χ0) is 37.2. The molecule has 0 radical (unpaired) electrons. The Hall–Kier alpha value is -7.76. The second-order valence-corrected chi connectivity index (χ2v) is 14.9. The fourth-order valence-electron chi connectivity index (χ4n) is 9.37. The number of benzene rings is 8. The van der Waals surface area contributed by atoms with Crippen LogP contribution in [0.25, 0.3) is 121 Å². The summed E-state index contributed by atoms with van der Waals surface area (Å²) in [4.78, 5) is 10.8. The second-order valence-electron chi connectivity index (χ2n) is 14.9. The summed E-state index contributed by atoms with van der Waals surface area (Å²) >= 11 is 0. The summed E-state index contributed by atoms with van der Waals surface area (Å²) in [5.74, 6) is 0.605. The number of aromatic nitrogens is 4. The number of furan rings is 1. The standard InChI is InChI=1S/C52H30N4O/c1-4-14-31(15-5-1)34-25-27-42-40(28-34)46-44(56(42)52-53-48(33-18-8-3-9-19-33)51-49(54-52)38-21-11-13-23-45(38)57-51)30-39-36-26-24-35(32-16-6-2-7-17-32)29-43(36)55-41-22-12-10-20-37(41)47(46)50(39)55/h1-30H. The van der Waals surface area contributed by atoms with Crippen molar-refractivity contribution in [3.63, 3.8) is 0 Å². The Balaban J connectivity index is 1.22.